The van der Waals surface area contributed by atoms with Crippen molar-refractivity contribution in [1.82, 2.24) is 9.55 Å². The van der Waals surface area contributed by atoms with Crippen molar-refractivity contribution in [1.29, 1.82) is 0 Å². The standard InChI is InChI=1S/C22H22N2O3S2/c1-13(2)11-24-21(27)19-16-5-3-4-6-18(16)29-20(19)23-22(24)28-12-17(26)14-7-9-15(25)10-8-14/h7-10,25H,1,3-6,11-12H2,2H3. The largest absolute Gasteiger partial charge is 0.508 e. The fourth-order valence-corrected chi connectivity index (χ4v) is 5.80. The van der Waals surface area contributed by atoms with E-state index in [4.69, 9.17) is 4.98 Å². The Morgan fingerprint density at radius 3 is 2.72 bits per heavy atom. The lowest BCUT2D eigenvalue weighted by Gasteiger charge is -2.13. The van der Waals surface area contributed by atoms with Crippen LogP contribution in [0, 0.1) is 0 Å². The SMILES string of the molecule is C=C(C)Cn1c(SCC(=O)c2ccc(O)cc2)nc2sc3c(c2c1=O)CCCC3. The molecule has 0 radical (unpaired) electrons. The van der Waals surface area contributed by atoms with Gasteiger partial charge in [0.25, 0.3) is 5.56 Å². The van der Waals surface area contributed by atoms with Crippen molar-refractivity contribution >= 4 is 39.1 Å². The zero-order valence-electron chi connectivity index (χ0n) is 16.2. The van der Waals surface area contributed by atoms with Crippen molar-refractivity contribution < 1.29 is 9.90 Å². The summed E-state index contributed by atoms with van der Waals surface area (Å²) in [7, 11) is 0. The van der Waals surface area contributed by atoms with Gasteiger partial charge in [0.2, 0.25) is 0 Å². The van der Waals surface area contributed by atoms with E-state index in [1.807, 2.05) is 6.92 Å². The number of benzene rings is 1. The number of hydrogen-bond acceptors (Lipinski definition) is 6. The third-order valence-corrected chi connectivity index (χ3v) is 7.15. The number of thiophene rings is 1. The van der Waals surface area contributed by atoms with Crippen molar-refractivity contribution in [2.45, 2.75) is 44.3 Å². The van der Waals surface area contributed by atoms with Crippen LogP contribution in [0.4, 0.5) is 0 Å². The number of carbonyl (C=O) groups excluding carboxylic acids is 1. The summed E-state index contributed by atoms with van der Waals surface area (Å²) in [6, 6.07) is 6.19. The normalized spacial score (nSPS) is 13.4. The Morgan fingerprint density at radius 1 is 1.28 bits per heavy atom. The third kappa shape index (κ3) is 4.02. The molecule has 3 aromatic rings. The van der Waals surface area contributed by atoms with E-state index < -0.39 is 0 Å². The molecular formula is C22H22N2O3S2. The average Bonchev–Trinajstić information content (AvgIpc) is 3.07. The van der Waals surface area contributed by atoms with Crippen LogP contribution < -0.4 is 5.56 Å². The van der Waals surface area contributed by atoms with E-state index in [9.17, 15) is 14.7 Å². The van der Waals surface area contributed by atoms with Gasteiger partial charge < -0.3 is 5.11 Å². The Kier molecular flexibility index (Phi) is 5.61. The predicted molar refractivity (Wildman–Crippen MR) is 118 cm³/mol. The molecule has 0 fully saturated rings. The summed E-state index contributed by atoms with van der Waals surface area (Å²) in [5.41, 5.74) is 2.53. The number of allylic oxidation sites excluding steroid dienone is 1. The van der Waals surface area contributed by atoms with Gasteiger partial charge in [-0.3, -0.25) is 14.2 Å². The van der Waals surface area contributed by atoms with E-state index >= 15 is 0 Å². The van der Waals surface area contributed by atoms with Gasteiger partial charge in [-0.25, -0.2) is 4.98 Å². The molecule has 0 bridgehead atoms. The first-order valence-corrected chi connectivity index (χ1v) is 11.4. The molecule has 1 aliphatic rings. The zero-order chi connectivity index (χ0) is 20.5. The maximum atomic E-state index is 13.3. The molecule has 5 nitrogen and oxygen atoms in total. The maximum absolute atomic E-state index is 13.3. The van der Waals surface area contributed by atoms with Gasteiger partial charge in [0.1, 0.15) is 10.6 Å². The van der Waals surface area contributed by atoms with E-state index in [2.05, 4.69) is 6.58 Å². The molecule has 0 spiro atoms. The van der Waals surface area contributed by atoms with Gasteiger partial charge in [-0.15, -0.1) is 11.3 Å². The van der Waals surface area contributed by atoms with Gasteiger partial charge in [0, 0.05) is 17.0 Å². The maximum Gasteiger partial charge on any atom is 0.263 e. The molecule has 0 saturated carbocycles. The minimum Gasteiger partial charge on any atom is -0.508 e. The number of phenolic OH excluding ortho intramolecular Hbond substituents is 1. The molecule has 0 unspecified atom stereocenters. The number of hydrogen-bond donors (Lipinski definition) is 1. The number of aromatic nitrogens is 2. The van der Waals surface area contributed by atoms with Crippen LogP contribution in [0.2, 0.25) is 0 Å². The Balaban J connectivity index is 1.70. The summed E-state index contributed by atoms with van der Waals surface area (Å²) in [4.78, 5) is 32.7. The Morgan fingerprint density at radius 2 is 2.00 bits per heavy atom. The predicted octanol–water partition coefficient (Wildman–Crippen LogP) is 4.59. The van der Waals surface area contributed by atoms with Gasteiger partial charge in [0.05, 0.1) is 11.1 Å². The molecule has 150 valence electrons. The summed E-state index contributed by atoms with van der Waals surface area (Å²) in [6.45, 7) is 6.23. The van der Waals surface area contributed by atoms with E-state index in [0.717, 1.165) is 41.5 Å². The lowest BCUT2D eigenvalue weighted by molar-refractivity contribution is 0.102. The summed E-state index contributed by atoms with van der Waals surface area (Å²) < 4.78 is 1.65. The van der Waals surface area contributed by atoms with Crippen LogP contribution in [0.3, 0.4) is 0 Å². The molecule has 2 heterocycles. The number of rotatable bonds is 6. The molecule has 1 N–H and O–H groups in total. The number of nitrogens with zero attached hydrogens (tertiary/aromatic N) is 2. The molecule has 7 heteroatoms. The second kappa shape index (κ2) is 8.16. The van der Waals surface area contributed by atoms with Gasteiger partial charge in [-0.1, -0.05) is 23.9 Å². The van der Waals surface area contributed by atoms with E-state index in [1.165, 1.54) is 34.3 Å². The van der Waals surface area contributed by atoms with Gasteiger partial charge in [-0.05, 0) is 62.4 Å². The smallest absolute Gasteiger partial charge is 0.263 e. The molecule has 2 aromatic heterocycles. The molecule has 1 aromatic carbocycles. The number of fused-ring (bicyclic) bond motifs is 3. The molecule has 0 aliphatic heterocycles. The summed E-state index contributed by atoms with van der Waals surface area (Å²) in [5, 5.41) is 10.7. The quantitative estimate of drug-likeness (QED) is 0.270. The number of aryl methyl sites for hydroxylation is 2. The van der Waals surface area contributed by atoms with Crippen LogP contribution in [-0.2, 0) is 19.4 Å². The van der Waals surface area contributed by atoms with E-state index in [-0.39, 0.29) is 22.8 Å². The van der Waals surface area contributed by atoms with Crippen LogP contribution in [0.1, 0.15) is 40.6 Å². The first-order chi connectivity index (χ1) is 13.9. The zero-order valence-corrected chi connectivity index (χ0v) is 17.9. The lowest BCUT2D eigenvalue weighted by atomic mass is 9.97. The number of Topliss-reactive ketones (excluding diaryl/α,β-unsaturated/α-hetero) is 1. The highest BCUT2D eigenvalue weighted by Crippen LogP contribution is 2.34. The van der Waals surface area contributed by atoms with Crippen molar-refractivity contribution in [3.05, 3.63) is 62.8 Å². The number of aromatic hydroxyl groups is 1. The van der Waals surface area contributed by atoms with Crippen molar-refractivity contribution in [3.63, 3.8) is 0 Å². The number of phenols is 1. The van der Waals surface area contributed by atoms with Crippen molar-refractivity contribution in [2.24, 2.45) is 0 Å². The van der Waals surface area contributed by atoms with E-state index in [0.29, 0.717) is 17.3 Å². The van der Waals surface area contributed by atoms with Crippen LogP contribution in [0.15, 0.2) is 46.4 Å². The van der Waals surface area contributed by atoms with Gasteiger partial charge in [-0.2, -0.15) is 0 Å². The van der Waals surface area contributed by atoms with Gasteiger partial charge in [0.15, 0.2) is 10.9 Å². The highest BCUT2D eigenvalue weighted by molar-refractivity contribution is 7.99. The summed E-state index contributed by atoms with van der Waals surface area (Å²) in [5.74, 6) is 0.222. The van der Waals surface area contributed by atoms with Crippen LogP contribution in [0.5, 0.6) is 5.75 Å². The summed E-state index contributed by atoms with van der Waals surface area (Å²) >= 11 is 2.89. The minimum absolute atomic E-state index is 0.0306. The monoisotopic (exact) mass is 426 g/mol. The minimum atomic E-state index is -0.0725. The van der Waals surface area contributed by atoms with Crippen LogP contribution >= 0.6 is 23.1 Å². The fraction of sp³-hybridized carbons (Fsp3) is 0.318. The Labute approximate surface area is 177 Å². The highest BCUT2D eigenvalue weighted by atomic mass is 32.2. The number of ketones is 1. The lowest BCUT2D eigenvalue weighted by Crippen LogP contribution is -2.24. The number of thioether (sulfide) groups is 1. The Bertz CT molecular complexity index is 1160. The van der Waals surface area contributed by atoms with Crippen molar-refractivity contribution in [2.75, 3.05) is 5.75 Å². The second-order valence-corrected chi connectivity index (χ2v) is 9.42. The average molecular weight is 427 g/mol. The first kappa shape index (κ1) is 19.9. The molecule has 0 saturated heterocycles. The number of carbonyl (C=O) groups is 1. The first-order valence-electron chi connectivity index (χ1n) is 9.58. The highest BCUT2D eigenvalue weighted by Gasteiger charge is 2.22. The molecule has 0 atom stereocenters. The van der Waals surface area contributed by atoms with Gasteiger partial charge >= 0.3 is 0 Å². The van der Waals surface area contributed by atoms with E-state index in [1.54, 1.807) is 28.0 Å². The fourth-order valence-electron chi connectivity index (χ4n) is 3.60. The summed E-state index contributed by atoms with van der Waals surface area (Å²) in [6.07, 6.45) is 4.21. The molecule has 29 heavy (non-hydrogen) atoms. The molecule has 0 amide bonds. The second-order valence-electron chi connectivity index (χ2n) is 7.39. The molecule has 1 aliphatic carbocycles. The van der Waals surface area contributed by atoms with Crippen LogP contribution in [0.25, 0.3) is 10.2 Å². The molecular weight excluding hydrogens is 404 g/mol. The van der Waals surface area contributed by atoms with Crippen molar-refractivity contribution in [3.8, 4) is 5.75 Å². The topological polar surface area (TPSA) is 72.2 Å². The third-order valence-electron chi connectivity index (χ3n) is 4.99. The Hall–Kier alpha value is -2.38. The molecule has 4 rings (SSSR count). The van der Waals surface area contributed by atoms with Crippen LogP contribution in [-0.4, -0.2) is 26.2 Å².